The summed E-state index contributed by atoms with van der Waals surface area (Å²) in [5.74, 6) is 1.66. The molecule has 110 valence electrons. The van der Waals surface area contributed by atoms with Gasteiger partial charge in [-0.1, -0.05) is 30.3 Å². The molecule has 0 unspecified atom stereocenters. The molecule has 0 spiro atoms. The zero-order valence-electron chi connectivity index (χ0n) is 11.6. The summed E-state index contributed by atoms with van der Waals surface area (Å²) < 4.78 is 12.1. The summed E-state index contributed by atoms with van der Waals surface area (Å²) in [6, 6.07) is 17.2. The Bertz CT molecular complexity index is 733. The summed E-state index contributed by atoms with van der Waals surface area (Å²) in [6.07, 6.45) is 3.28. The maximum Gasteiger partial charge on any atom is 0.233 e. The third kappa shape index (κ3) is 3.83. The number of halogens is 1. The highest BCUT2D eigenvalue weighted by Gasteiger charge is 2.04. The first-order chi connectivity index (χ1) is 10.8. The van der Waals surface area contributed by atoms with E-state index in [9.17, 15) is 0 Å². The maximum atomic E-state index is 5.65. The van der Waals surface area contributed by atoms with Gasteiger partial charge in [0.15, 0.2) is 0 Å². The highest BCUT2D eigenvalue weighted by atomic mass is 79.9. The van der Waals surface area contributed by atoms with Gasteiger partial charge < -0.3 is 9.47 Å². The van der Waals surface area contributed by atoms with Gasteiger partial charge in [-0.05, 0) is 39.7 Å². The molecule has 0 fully saturated rings. The van der Waals surface area contributed by atoms with Gasteiger partial charge in [-0.2, -0.15) is 0 Å². The summed E-state index contributed by atoms with van der Waals surface area (Å²) in [6.45, 7) is 0.486. The molecule has 0 atom stereocenters. The topological polar surface area (TPSA) is 44.2 Å². The minimum atomic E-state index is 0.486. The first kappa shape index (κ1) is 14.5. The Morgan fingerprint density at radius 3 is 2.50 bits per heavy atom. The number of benzene rings is 1. The summed E-state index contributed by atoms with van der Waals surface area (Å²) in [5.41, 5.74) is 1.10. The van der Waals surface area contributed by atoms with E-state index in [-0.39, 0.29) is 0 Å². The van der Waals surface area contributed by atoms with Gasteiger partial charge >= 0.3 is 0 Å². The first-order valence-electron chi connectivity index (χ1n) is 6.72. The highest BCUT2D eigenvalue weighted by molar-refractivity contribution is 9.10. The fourth-order valence-corrected chi connectivity index (χ4v) is 2.14. The molecule has 2 aromatic heterocycles. The van der Waals surface area contributed by atoms with Crippen LogP contribution in [0.5, 0.6) is 17.5 Å². The van der Waals surface area contributed by atoms with Gasteiger partial charge in [-0.25, -0.2) is 9.97 Å². The van der Waals surface area contributed by atoms with E-state index in [0.29, 0.717) is 24.1 Å². The number of aromatic nitrogens is 2. The van der Waals surface area contributed by atoms with Crippen molar-refractivity contribution in [2.45, 2.75) is 6.61 Å². The van der Waals surface area contributed by atoms with Crippen molar-refractivity contribution in [3.05, 3.63) is 77.0 Å². The van der Waals surface area contributed by atoms with E-state index < -0.39 is 0 Å². The molecule has 3 aromatic rings. The predicted molar refractivity (Wildman–Crippen MR) is 87.0 cm³/mol. The monoisotopic (exact) mass is 356 g/mol. The second-order valence-corrected chi connectivity index (χ2v) is 5.35. The Labute approximate surface area is 136 Å². The fraction of sp³-hybridized carbons (Fsp3) is 0.0588. The van der Waals surface area contributed by atoms with Crippen LogP contribution in [0.25, 0.3) is 0 Å². The lowest BCUT2D eigenvalue weighted by molar-refractivity contribution is 0.293. The molecule has 1 aromatic carbocycles. The predicted octanol–water partition coefficient (Wildman–Crippen LogP) is 4.61. The summed E-state index contributed by atoms with van der Waals surface area (Å²) in [4.78, 5) is 8.37. The van der Waals surface area contributed by atoms with Crippen LogP contribution in [0.2, 0.25) is 0 Å². The average molecular weight is 357 g/mol. The molecule has 0 aliphatic carbocycles. The molecule has 0 saturated carbocycles. The normalized spacial score (nSPS) is 10.2. The standard InChI is InChI=1S/C17H13BrN2O2/c18-15-7-4-10-19-17(15)22-14-8-9-16(20-11-14)21-12-13-5-2-1-3-6-13/h1-11H,12H2. The van der Waals surface area contributed by atoms with E-state index in [4.69, 9.17) is 9.47 Å². The molecule has 3 rings (SSSR count). The molecule has 2 heterocycles. The molecular weight excluding hydrogens is 344 g/mol. The summed E-state index contributed by atoms with van der Waals surface area (Å²) in [7, 11) is 0. The van der Waals surface area contributed by atoms with E-state index >= 15 is 0 Å². The quantitative estimate of drug-likeness (QED) is 0.669. The first-order valence-corrected chi connectivity index (χ1v) is 7.52. The molecule has 0 bridgehead atoms. The van der Waals surface area contributed by atoms with Crippen molar-refractivity contribution in [1.82, 2.24) is 9.97 Å². The second kappa shape index (κ2) is 7.04. The Morgan fingerprint density at radius 2 is 1.77 bits per heavy atom. The highest BCUT2D eigenvalue weighted by Crippen LogP contribution is 2.27. The van der Waals surface area contributed by atoms with Crippen molar-refractivity contribution in [1.29, 1.82) is 0 Å². The van der Waals surface area contributed by atoms with Crippen molar-refractivity contribution < 1.29 is 9.47 Å². The maximum absolute atomic E-state index is 5.65. The fourth-order valence-electron chi connectivity index (χ4n) is 1.80. The summed E-state index contributed by atoms with van der Waals surface area (Å²) >= 11 is 3.39. The van der Waals surface area contributed by atoms with Crippen molar-refractivity contribution in [2.75, 3.05) is 0 Å². The van der Waals surface area contributed by atoms with Crippen LogP contribution in [0.1, 0.15) is 5.56 Å². The van der Waals surface area contributed by atoms with Gasteiger partial charge in [0.2, 0.25) is 11.8 Å². The van der Waals surface area contributed by atoms with E-state index in [0.717, 1.165) is 10.0 Å². The molecule has 0 aliphatic rings. The van der Waals surface area contributed by atoms with Crippen molar-refractivity contribution >= 4 is 15.9 Å². The Morgan fingerprint density at radius 1 is 0.909 bits per heavy atom. The van der Waals surface area contributed by atoms with Crippen LogP contribution in [-0.2, 0) is 6.61 Å². The average Bonchev–Trinajstić information content (AvgIpc) is 2.57. The zero-order chi connectivity index (χ0) is 15.2. The van der Waals surface area contributed by atoms with Gasteiger partial charge in [0.25, 0.3) is 0 Å². The number of pyridine rings is 2. The largest absolute Gasteiger partial charge is 0.473 e. The van der Waals surface area contributed by atoms with E-state index in [2.05, 4.69) is 25.9 Å². The molecular formula is C17H13BrN2O2. The number of hydrogen-bond acceptors (Lipinski definition) is 4. The zero-order valence-corrected chi connectivity index (χ0v) is 13.2. The van der Waals surface area contributed by atoms with Crippen LogP contribution in [0.4, 0.5) is 0 Å². The van der Waals surface area contributed by atoms with Gasteiger partial charge in [-0.3, -0.25) is 0 Å². The molecule has 0 radical (unpaired) electrons. The smallest absolute Gasteiger partial charge is 0.233 e. The molecule has 22 heavy (non-hydrogen) atoms. The van der Waals surface area contributed by atoms with Crippen molar-refractivity contribution in [3.63, 3.8) is 0 Å². The Hall–Kier alpha value is -2.40. The minimum Gasteiger partial charge on any atom is -0.473 e. The molecule has 5 heteroatoms. The SMILES string of the molecule is Brc1cccnc1Oc1ccc(OCc2ccccc2)nc1. The Kier molecular flexibility index (Phi) is 4.65. The number of hydrogen-bond donors (Lipinski definition) is 0. The van der Waals surface area contributed by atoms with Crippen LogP contribution < -0.4 is 9.47 Å². The van der Waals surface area contributed by atoms with Crippen LogP contribution in [0.15, 0.2) is 71.5 Å². The lowest BCUT2D eigenvalue weighted by atomic mass is 10.2. The van der Waals surface area contributed by atoms with Gasteiger partial charge in [0, 0.05) is 12.3 Å². The van der Waals surface area contributed by atoms with Gasteiger partial charge in [0.05, 0.1) is 10.7 Å². The van der Waals surface area contributed by atoms with E-state index in [1.54, 1.807) is 24.5 Å². The molecule has 0 amide bonds. The second-order valence-electron chi connectivity index (χ2n) is 4.50. The van der Waals surface area contributed by atoms with Gasteiger partial charge in [0.1, 0.15) is 12.4 Å². The van der Waals surface area contributed by atoms with Crippen molar-refractivity contribution in [2.24, 2.45) is 0 Å². The molecule has 0 saturated heterocycles. The number of rotatable bonds is 5. The number of nitrogens with zero attached hydrogens (tertiary/aromatic N) is 2. The van der Waals surface area contributed by atoms with Crippen LogP contribution in [0, 0.1) is 0 Å². The lowest BCUT2D eigenvalue weighted by Gasteiger charge is -2.08. The lowest BCUT2D eigenvalue weighted by Crippen LogP contribution is -1.97. The minimum absolute atomic E-state index is 0.486. The Balaban J connectivity index is 1.62. The van der Waals surface area contributed by atoms with Crippen LogP contribution in [-0.4, -0.2) is 9.97 Å². The number of ether oxygens (including phenoxy) is 2. The van der Waals surface area contributed by atoms with Crippen LogP contribution in [0.3, 0.4) is 0 Å². The summed E-state index contributed by atoms with van der Waals surface area (Å²) in [5, 5.41) is 0. The molecule has 4 nitrogen and oxygen atoms in total. The van der Waals surface area contributed by atoms with Crippen LogP contribution >= 0.6 is 15.9 Å². The van der Waals surface area contributed by atoms with E-state index in [1.165, 1.54) is 0 Å². The third-order valence-corrected chi connectivity index (χ3v) is 3.48. The van der Waals surface area contributed by atoms with E-state index in [1.807, 2.05) is 42.5 Å². The van der Waals surface area contributed by atoms with Crippen molar-refractivity contribution in [3.8, 4) is 17.5 Å². The molecule has 0 N–H and O–H groups in total. The molecule has 0 aliphatic heterocycles. The van der Waals surface area contributed by atoms with Gasteiger partial charge in [-0.15, -0.1) is 0 Å². The third-order valence-electron chi connectivity index (χ3n) is 2.88.